The number of phenols is 1. The fraction of sp³-hybridized carbons (Fsp3) is 0.256. The molecule has 1 aromatic heterocycles. The molecule has 0 bridgehead atoms. The standard InChI is InChI=1S/C39H39N3O8/c43-33-17-15-31(32-16-18-35(45)41-36(32)33)34(44)22-40-19-4-5-20-49-30-10-6-7-26(21-30)23-50-29-13-11-27(12-14-29)37(46)42-24-39(25-42,38(47)48)28-8-2-1-3-9-28/h1-3,6-18,21,34,40,43-44H,4-5,19-20,22-25H2,(H,41,45)(H,47,48)/t34-/m0/s1. The SMILES string of the molecule is O=C(c1ccc(OCc2cccc(OCCCCNC[C@H](O)c3ccc(O)c4[nH]c(=O)ccc34)c2)cc1)N1CC(C(=O)O)(c2ccccc2)C1. The van der Waals surface area contributed by atoms with Gasteiger partial charge in [0.1, 0.15) is 29.3 Å². The van der Waals surface area contributed by atoms with E-state index in [1.165, 1.54) is 12.1 Å². The van der Waals surface area contributed by atoms with Gasteiger partial charge >= 0.3 is 5.97 Å². The van der Waals surface area contributed by atoms with Gasteiger partial charge in [-0.25, -0.2) is 0 Å². The highest BCUT2D eigenvalue weighted by molar-refractivity contribution is 5.97. The molecule has 6 rings (SSSR count). The number of likely N-dealkylation sites (tertiary alicyclic amines) is 1. The van der Waals surface area contributed by atoms with Crippen molar-refractivity contribution in [3.8, 4) is 17.2 Å². The van der Waals surface area contributed by atoms with Crippen LogP contribution in [0.15, 0.2) is 108 Å². The lowest BCUT2D eigenvalue weighted by atomic mass is 9.73. The van der Waals surface area contributed by atoms with Crippen molar-refractivity contribution >= 4 is 22.8 Å². The summed E-state index contributed by atoms with van der Waals surface area (Å²) in [6, 6.07) is 29.6. The molecule has 0 aliphatic carbocycles. The molecule has 11 nitrogen and oxygen atoms in total. The number of aromatic hydroxyl groups is 1. The molecule has 1 aliphatic heterocycles. The second-order valence-electron chi connectivity index (χ2n) is 12.4. The lowest BCUT2D eigenvalue weighted by Crippen LogP contribution is -2.65. The van der Waals surface area contributed by atoms with Crippen molar-refractivity contribution in [2.45, 2.75) is 31.0 Å². The summed E-state index contributed by atoms with van der Waals surface area (Å²) >= 11 is 0. The number of unbranched alkanes of at least 4 members (excludes halogenated alkanes) is 1. The Bertz CT molecular complexity index is 2010. The van der Waals surface area contributed by atoms with Crippen LogP contribution in [0.3, 0.4) is 0 Å². The molecule has 0 radical (unpaired) electrons. The van der Waals surface area contributed by atoms with Crippen LogP contribution in [0.2, 0.25) is 0 Å². The Kier molecular flexibility index (Phi) is 10.5. The van der Waals surface area contributed by atoms with E-state index in [2.05, 4.69) is 10.3 Å². The number of carboxylic acids is 1. The van der Waals surface area contributed by atoms with Gasteiger partial charge in [0.2, 0.25) is 5.56 Å². The molecule has 0 spiro atoms. The largest absolute Gasteiger partial charge is 0.506 e. The number of H-pyrrole nitrogens is 1. The van der Waals surface area contributed by atoms with Gasteiger partial charge in [0, 0.05) is 36.7 Å². The van der Waals surface area contributed by atoms with E-state index in [1.807, 2.05) is 30.3 Å². The smallest absolute Gasteiger partial charge is 0.317 e. The van der Waals surface area contributed by atoms with Crippen LogP contribution in [-0.4, -0.2) is 69.9 Å². The fourth-order valence-electron chi connectivity index (χ4n) is 6.16. The van der Waals surface area contributed by atoms with Crippen LogP contribution in [0.1, 0.15) is 46.0 Å². The van der Waals surface area contributed by atoms with E-state index in [9.17, 15) is 29.7 Å². The molecule has 0 saturated carbocycles. The van der Waals surface area contributed by atoms with Crippen molar-refractivity contribution in [2.75, 3.05) is 32.8 Å². The van der Waals surface area contributed by atoms with Crippen molar-refractivity contribution in [3.05, 3.63) is 136 Å². The van der Waals surface area contributed by atoms with Crippen molar-refractivity contribution in [1.29, 1.82) is 0 Å². The maximum absolute atomic E-state index is 13.0. The third-order valence-electron chi connectivity index (χ3n) is 8.97. The molecule has 1 amide bonds. The molecule has 4 aromatic carbocycles. The van der Waals surface area contributed by atoms with Gasteiger partial charge in [0.25, 0.3) is 5.91 Å². The maximum atomic E-state index is 13.0. The summed E-state index contributed by atoms with van der Waals surface area (Å²) in [6.07, 6.45) is 0.833. The van der Waals surface area contributed by atoms with Gasteiger partial charge in [-0.1, -0.05) is 48.5 Å². The topological polar surface area (TPSA) is 161 Å². The highest BCUT2D eigenvalue weighted by Gasteiger charge is 2.52. The van der Waals surface area contributed by atoms with Crippen LogP contribution in [0, 0.1) is 0 Å². The zero-order valence-corrected chi connectivity index (χ0v) is 27.4. The molecule has 5 N–H and O–H groups in total. The number of hydrogen-bond acceptors (Lipinski definition) is 8. The number of aliphatic carboxylic acids is 1. The quantitative estimate of drug-likeness (QED) is 0.0983. The van der Waals surface area contributed by atoms with E-state index in [0.717, 1.165) is 24.2 Å². The first kappa shape index (κ1) is 34.2. The number of carbonyl (C=O) groups is 2. The van der Waals surface area contributed by atoms with Crippen molar-refractivity contribution < 1.29 is 34.4 Å². The van der Waals surface area contributed by atoms with Crippen LogP contribution >= 0.6 is 0 Å². The summed E-state index contributed by atoms with van der Waals surface area (Å²) in [4.78, 5) is 40.9. The van der Waals surface area contributed by atoms with Crippen LogP contribution in [0.5, 0.6) is 17.2 Å². The number of carboxylic acid groups (broad SMARTS) is 1. The zero-order chi connectivity index (χ0) is 35.1. The average Bonchev–Trinajstić information content (AvgIpc) is 3.11. The van der Waals surface area contributed by atoms with E-state index < -0.39 is 17.5 Å². The van der Waals surface area contributed by atoms with Crippen molar-refractivity contribution in [1.82, 2.24) is 15.2 Å². The van der Waals surface area contributed by atoms with Gasteiger partial charge in [-0.05, 0) is 84.6 Å². The lowest BCUT2D eigenvalue weighted by molar-refractivity contribution is -0.149. The van der Waals surface area contributed by atoms with E-state index in [4.69, 9.17) is 9.47 Å². The Morgan fingerprint density at radius 1 is 0.880 bits per heavy atom. The number of aromatic amines is 1. The first-order chi connectivity index (χ1) is 24.2. The predicted octanol–water partition coefficient (Wildman–Crippen LogP) is 4.77. The minimum Gasteiger partial charge on any atom is -0.506 e. The number of aliphatic hydroxyl groups excluding tert-OH is 1. The van der Waals surface area contributed by atoms with Crippen LogP contribution in [0.25, 0.3) is 10.9 Å². The summed E-state index contributed by atoms with van der Waals surface area (Å²) in [5.74, 6) is 0.141. The molecule has 1 atom stereocenters. The Morgan fingerprint density at radius 3 is 2.42 bits per heavy atom. The number of aliphatic hydroxyl groups is 1. The molecule has 2 heterocycles. The Morgan fingerprint density at radius 2 is 1.66 bits per heavy atom. The summed E-state index contributed by atoms with van der Waals surface area (Å²) < 4.78 is 11.9. The number of rotatable bonds is 15. The highest BCUT2D eigenvalue weighted by atomic mass is 16.5. The molecular weight excluding hydrogens is 638 g/mol. The predicted molar refractivity (Wildman–Crippen MR) is 188 cm³/mol. The monoisotopic (exact) mass is 677 g/mol. The van der Waals surface area contributed by atoms with Gasteiger partial charge in [-0.2, -0.15) is 0 Å². The number of carbonyl (C=O) groups excluding carboxylic acids is 1. The van der Waals surface area contributed by atoms with Gasteiger partial charge in [0.15, 0.2) is 0 Å². The Labute approximate surface area is 288 Å². The van der Waals surface area contributed by atoms with Crippen LogP contribution in [-0.2, 0) is 16.8 Å². The summed E-state index contributed by atoms with van der Waals surface area (Å²) in [5.41, 5.74) is 1.61. The first-order valence-corrected chi connectivity index (χ1v) is 16.5. The third kappa shape index (κ3) is 7.64. The van der Waals surface area contributed by atoms with E-state index >= 15 is 0 Å². The van der Waals surface area contributed by atoms with E-state index in [1.54, 1.807) is 65.6 Å². The Balaban J connectivity index is 0.902. The number of pyridine rings is 1. The number of nitrogens with one attached hydrogen (secondary N) is 2. The summed E-state index contributed by atoms with van der Waals surface area (Å²) in [7, 11) is 0. The number of nitrogens with zero attached hydrogens (tertiary/aromatic N) is 1. The summed E-state index contributed by atoms with van der Waals surface area (Å²) in [6.45, 7) is 2.08. The number of amides is 1. The average molecular weight is 678 g/mol. The van der Waals surface area contributed by atoms with Crippen molar-refractivity contribution in [3.63, 3.8) is 0 Å². The number of phenolic OH excluding ortho intramolecular Hbond substituents is 1. The minimum atomic E-state index is -1.09. The fourth-order valence-corrected chi connectivity index (χ4v) is 6.16. The van der Waals surface area contributed by atoms with Gasteiger partial charge in [-0.15, -0.1) is 0 Å². The molecular formula is C39H39N3O8. The zero-order valence-electron chi connectivity index (χ0n) is 27.4. The van der Waals surface area contributed by atoms with Crippen LogP contribution in [0.4, 0.5) is 0 Å². The third-order valence-corrected chi connectivity index (χ3v) is 8.97. The van der Waals surface area contributed by atoms with E-state index in [-0.39, 0.29) is 30.3 Å². The summed E-state index contributed by atoms with van der Waals surface area (Å²) in [5, 5.41) is 34.5. The second kappa shape index (κ2) is 15.3. The number of benzene rings is 4. The molecule has 50 heavy (non-hydrogen) atoms. The molecule has 5 aromatic rings. The first-order valence-electron chi connectivity index (χ1n) is 16.5. The minimum absolute atomic E-state index is 0.0418. The lowest BCUT2D eigenvalue weighted by Gasteiger charge is -2.47. The number of ether oxygens (including phenoxy) is 2. The molecule has 258 valence electrons. The van der Waals surface area contributed by atoms with Gasteiger partial charge in [0.05, 0.1) is 18.2 Å². The molecule has 11 heteroatoms. The number of fused-ring (bicyclic) bond motifs is 1. The van der Waals surface area contributed by atoms with Crippen molar-refractivity contribution in [2.24, 2.45) is 0 Å². The van der Waals surface area contributed by atoms with Gasteiger partial charge in [-0.3, -0.25) is 14.4 Å². The molecule has 1 aliphatic rings. The second-order valence-corrected chi connectivity index (χ2v) is 12.4. The molecule has 1 fully saturated rings. The maximum Gasteiger partial charge on any atom is 0.317 e. The highest BCUT2D eigenvalue weighted by Crippen LogP contribution is 2.36. The van der Waals surface area contributed by atoms with Crippen LogP contribution < -0.4 is 20.3 Å². The molecule has 0 unspecified atom stereocenters. The normalized spacial score (nSPS) is 14.1. The number of aromatic nitrogens is 1. The Hall–Kier alpha value is -5.65. The van der Waals surface area contributed by atoms with Gasteiger partial charge < -0.3 is 40.0 Å². The molecule has 1 saturated heterocycles. The van der Waals surface area contributed by atoms with E-state index in [0.29, 0.717) is 59.6 Å². The number of hydrogen-bond donors (Lipinski definition) is 5.